The van der Waals surface area contributed by atoms with Gasteiger partial charge in [0.25, 0.3) is 5.78 Å². The third kappa shape index (κ3) is 5.34. The van der Waals surface area contributed by atoms with Gasteiger partial charge in [0.1, 0.15) is 12.3 Å². The molecule has 2 aliphatic rings. The monoisotopic (exact) mass is 479 g/mol. The first-order valence-electron chi connectivity index (χ1n) is 10.00. The highest BCUT2D eigenvalue weighted by Gasteiger charge is 2.44. The smallest absolute Gasteiger partial charge is 0.358 e. The van der Waals surface area contributed by atoms with Gasteiger partial charge in [0.05, 0.1) is 23.9 Å². The van der Waals surface area contributed by atoms with Crippen LogP contribution in [0.1, 0.15) is 35.4 Å². The second-order valence-corrected chi connectivity index (χ2v) is 8.25. The zero-order valence-electron chi connectivity index (χ0n) is 17.3. The standard InChI is InChI=1S/C19H21N5O8S/c25-10-11(9-15(27)28)20-17(30)12-3-1-6-23-14(26)5-7-22(19(32)24(12)23)21-18(31)16(29)13-4-2-8-33-13/h2,4,8,10-12H,1,3,5-7,9H2,(H,20,30)(H,21,31)(H,27,28). The molecule has 5 amide bonds. The summed E-state index contributed by atoms with van der Waals surface area (Å²) in [5.74, 6) is -4.53. The van der Waals surface area contributed by atoms with Gasteiger partial charge in [0, 0.05) is 13.0 Å². The maximum absolute atomic E-state index is 13.2. The number of aliphatic carboxylic acids is 1. The number of amides is 5. The molecule has 0 bridgehead atoms. The molecule has 0 spiro atoms. The van der Waals surface area contributed by atoms with Gasteiger partial charge in [0.15, 0.2) is 0 Å². The number of nitrogens with one attached hydrogen (secondary N) is 2. The molecule has 3 heterocycles. The summed E-state index contributed by atoms with van der Waals surface area (Å²) >= 11 is 1.05. The molecule has 1 aromatic rings. The van der Waals surface area contributed by atoms with E-state index in [0.29, 0.717) is 6.42 Å². The van der Waals surface area contributed by atoms with Crippen molar-refractivity contribution >= 4 is 53.1 Å². The fraction of sp³-hybridized carbons (Fsp3) is 0.421. The minimum atomic E-state index is -1.32. The van der Waals surface area contributed by atoms with Crippen LogP contribution in [-0.2, 0) is 24.0 Å². The molecule has 2 fully saturated rings. The summed E-state index contributed by atoms with van der Waals surface area (Å²) in [7, 11) is 0. The van der Waals surface area contributed by atoms with E-state index < -0.39 is 54.0 Å². The van der Waals surface area contributed by atoms with Crippen LogP contribution in [0.2, 0.25) is 0 Å². The Kier molecular flexibility index (Phi) is 7.37. The molecule has 2 saturated heterocycles. The Bertz CT molecular complexity index is 981. The third-order valence-electron chi connectivity index (χ3n) is 5.04. The molecule has 13 nitrogen and oxygen atoms in total. The molecule has 2 atom stereocenters. The summed E-state index contributed by atoms with van der Waals surface area (Å²) in [4.78, 5) is 85.4. The average molecular weight is 479 g/mol. The number of hydrazine groups is 2. The van der Waals surface area contributed by atoms with Gasteiger partial charge in [-0.15, -0.1) is 11.3 Å². The zero-order chi connectivity index (χ0) is 24.1. The third-order valence-corrected chi connectivity index (χ3v) is 5.91. The van der Waals surface area contributed by atoms with E-state index in [2.05, 4.69) is 10.7 Å². The molecule has 0 radical (unpaired) electrons. The van der Waals surface area contributed by atoms with Crippen LogP contribution in [0.15, 0.2) is 17.5 Å². The lowest BCUT2D eigenvalue weighted by molar-refractivity contribution is -0.155. The second-order valence-electron chi connectivity index (χ2n) is 7.30. The topological polar surface area (TPSA) is 174 Å². The molecule has 1 aromatic heterocycles. The minimum Gasteiger partial charge on any atom is -0.481 e. The number of ketones is 1. The highest BCUT2D eigenvalue weighted by atomic mass is 32.1. The number of carbonyl (C=O) groups excluding carboxylic acids is 6. The van der Waals surface area contributed by atoms with Crippen LogP contribution in [0.5, 0.6) is 0 Å². The predicted octanol–water partition coefficient (Wildman–Crippen LogP) is -0.846. The van der Waals surface area contributed by atoms with Crippen LogP contribution >= 0.6 is 11.3 Å². The Hall–Kier alpha value is -3.81. The van der Waals surface area contributed by atoms with Crippen molar-refractivity contribution in [3.63, 3.8) is 0 Å². The van der Waals surface area contributed by atoms with E-state index >= 15 is 0 Å². The Morgan fingerprint density at radius 2 is 2.00 bits per heavy atom. The highest BCUT2D eigenvalue weighted by Crippen LogP contribution is 2.24. The second kappa shape index (κ2) is 10.2. The van der Waals surface area contributed by atoms with Crippen molar-refractivity contribution < 1.29 is 38.7 Å². The average Bonchev–Trinajstić information content (AvgIpc) is 3.30. The van der Waals surface area contributed by atoms with Gasteiger partial charge in [-0.2, -0.15) is 0 Å². The van der Waals surface area contributed by atoms with Gasteiger partial charge in [-0.1, -0.05) is 6.07 Å². The summed E-state index contributed by atoms with van der Waals surface area (Å²) in [5.41, 5.74) is 2.20. The number of thiophene rings is 1. The fourth-order valence-electron chi connectivity index (χ4n) is 3.51. The van der Waals surface area contributed by atoms with Crippen molar-refractivity contribution in [1.29, 1.82) is 0 Å². The van der Waals surface area contributed by atoms with Gasteiger partial charge >= 0.3 is 17.9 Å². The first-order chi connectivity index (χ1) is 15.7. The van der Waals surface area contributed by atoms with E-state index in [0.717, 1.165) is 26.4 Å². The maximum atomic E-state index is 13.2. The molecule has 0 saturated carbocycles. The van der Waals surface area contributed by atoms with Crippen molar-refractivity contribution in [1.82, 2.24) is 25.8 Å². The van der Waals surface area contributed by atoms with Crippen molar-refractivity contribution in [3.05, 3.63) is 22.4 Å². The molecule has 3 N–H and O–H groups in total. The number of carbonyl (C=O) groups is 7. The van der Waals surface area contributed by atoms with Crippen molar-refractivity contribution in [2.24, 2.45) is 0 Å². The van der Waals surface area contributed by atoms with E-state index in [1.54, 1.807) is 11.4 Å². The predicted molar refractivity (Wildman–Crippen MR) is 110 cm³/mol. The number of hydrogen-bond donors (Lipinski definition) is 3. The number of aldehydes is 1. The van der Waals surface area contributed by atoms with Gasteiger partial charge in [-0.25, -0.2) is 19.8 Å². The van der Waals surface area contributed by atoms with Gasteiger partial charge in [0.2, 0.25) is 11.8 Å². The molecule has 176 valence electrons. The molecule has 3 rings (SSSR count). The number of rotatable bonds is 8. The molecule has 14 heteroatoms. The number of fused-ring (bicyclic) bond motifs is 1. The molecular formula is C19H21N5O8S. The van der Waals surface area contributed by atoms with Crippen molar-refractivity contribution in [3.8, 4) is 0 Å². The largest absolute Gasteiger partial charge is 0.481 e. The van der Waals surface area contributed by atoms with Crippen LogP contribution in [-0.4, -0.2) is 87.1 Å². The van der Waals surface area contributed by atoms with Crippen LogP contribution in [0.25, 0.3) is 0 Å². The van der Waals surface area contributed by atoms with E-state index in [1.807, 2.05) is 0 Å². The Morgan fingerprint density at radius 1 is 1.24 bits per heavy atom. The molecule has 2 aliphatic heterocycles. The van der Waals surface area contributed by atoms with Crippen LogP contribution < -0.4 is 10.7 Å². The highest BCUT2D eigenvalue weighted by molar-refractivity contribution is 7.13. The fourth-order valence-corrected chi connectivity index (χ4v) is 4.17. The lowest BCUT2D eigenvalue weighted by atomic mass is 10.1. The summed E-state index contributed by atoms with van der Waals surface area (Å²) in [6.45, 7) is -0.0745. The SMILES string of the molecule is O=CC(CC(=O)O)NC(=O)C1CCCN2C(=O)CCN(NC(=O)C(=O)c3cccs3)C(=O)N12. The van der Waals surface area contributed by atoms with Gasteiger partial charge in [-0.05, 0) is 24.3 Å². The van der Waals surface area contributed by atoms with E-state index in [9.17, 15) is 33.6 Å². The number of hydrogen-bond acceptors (Lipinski definition) is 8. The first kappa shape index (κ1) is 23.8. The summed E-state index contributed by atoms with van der Waals surface area (Å²) < 4.78 is 0. The summed E-state index contributed by atoms with van der Waals surface area (Å²) in [5, 5.41) is 15.5. The molecule has 33 heavy (non-hydrogen) atoms. The number of nitrogens with zero attached hydrogens (tertiary/aromatic N) is 3. The van der Waals surface area contributed by atoms with Crippen molar-refractivity contribution in [2.75, 3.05) is 13.1 Å². The number of carboxylic acid groups (broad SMARTS) is 1. The molecular weight excluding hydrogens is 458 g/mol. The lowest BCUT2D eigenvalue weighted by Crippen LogP contribution is -2.65. The minimum absolute atomic E-state index is 0.135. The van der Waals surface area contributed by atoms with Gasteiger partial charge in [-0.3, -0.25) is 29.4 Å². The molecule has 0 aromatic carbocycles. The number of carboxylic acids is 1. The van der Waals surface area contributed by atoms with Crippen molar-refractivity contribution in [2.45, 2.75) is 37.8 Å². The van der Waals surface area contributed by atoms with E-state index in [-0.39, 0.29) is 37.1 Å². The zero-order valence-corrected chi connectivity index (χ0v) is 18.1. The summed E-state index contributed by atoms with van der Waals surface area (Å²) in [6.07, 6.45) is -0.0340. The van der Waals surface area contributed by atoms with Crippen LogP contribution in [0.3, 0.4) is 0 Å². The van der Waals surface area contributed by atoms with Crippen LogP contribution in [0, 0.1) is 0 Å². The van der Waals surface area contributed by atoms with E-state index in [1.165, 1.54) is 6.07 Å². The first-order valence-corrected chi connectivity index (χ1v) is 10.9. The molecule has 0 aliphatic carbocycles. The van der Waals surface area contributed by atoms with E-state index in [4.69, 9.17) is 5.11 Å². The lowest BCUT2D eigenvalue weighted by Gasteiger charge is -2.42. The number of Topliss-reactive ketones (excluding diaryl/α,β-unsaturated/α-hetero) is 1. The summed E-state index contributed by atoms with van der Waals surface area (Å²) in [6, 6.07) is -0.409. The molecule has 2 unspecified atom stereocenters. The Balaban J connectivity index is 1.79. The Morgan fingerprint density at radius 3 is 2.64 bits per heavy atom. The normalized spacial score (nSPS) is 19.3. The van der Waals surface area contributed by atoms with Crippen LogP contribution in [0.4, 0.5) is 4.79 Å². The quantitative estimate of drug-likeness (QED) is 0.246. The maximum Gasteiger partial charge on any atom is 0.358 e. The van der Waals surface area contributed by atoms with Gasteiger partial charge < -0.3 is 15.2 Å². The number of urea groups is 1. The Labute approximate surface area is 191 Å².